The largest absolute Gasteiger partial charge is 0.380 e. The number of morpholine rings is 2. The van der Waals surface area contributed by atoms with Crippen LogP contribution in [0, 0.1) is 0 Å². The lowest BCUT2D eigenvalue weighted by molar-refractivity contribution is 0.0364. The lowest BCUT2D eigenvalue weighted by atomic mass is 10.1. The van der Waals surface area contributed by atoms with E-state index < -0.39 is 20.9 Å². The number of rotatable bonds is 15. The van der Waals surface area contributed by atoms with Crippen LogP contribution in [0.2, 0.25) is 0 Å². The number of likely N-dealkylation sites (N-methyl/N-ethyl adjacent to an activating group) is 1. The van der Waals surface area contributed by atoms with E-state index in [0.717, 1.165) is 65.2 Å². The first-order chi connectivity index (χ1) is 19.4. The van der Waals surface area contributed by atoms with Crippen LogP contribution >= 0.6 is 0 Å². The monoisotopic (exact) mass is 580 g/mol. The van der Waals surface area contributed by atoms with Gasteiger partial charge in [0, 0.05) is 70.4 Å². The van der Waals surface area contributed by atoms with Gasteiger partial charge in [-0.15, -0.1) is 0 Å². The molecule has 0 unspecified atom stereocenters. The zero-order chi connectivity index (χ0) is 28.6. The van der Waals surface area contributed by atoms with Crippen molar-refractivity contribution < 1.29 is 17.9 Å². The van der Waals surface area contributed by atoms with Crippen molar-refractivity contribution in [3.05, 3.63) is 45.0 Å². The highest BCUT2D eigenvalue weighted by Gasteiger charge is 2.22. The molecular weight excluding hydrogens is 536 g/mol. The first-order valence-electron chi connectivity index (χ1n) is 14.2. The number of unbranched alkanes of at least 4 members (excludes halogenated alkanes) is 3. The summed E-state index contributed by atoms with van der Waals surface area (Å²) >= 11 is 0. The third-order valence-corrected chi connectivity index (χ3v) is 8.88. The standard InChI is InChI=1S/C23H35N5O5S.C4H9NO/c1-2-28(13-12-27-14-16-33-17-15-27)34(31,32)18-6-4-3-5-9-25-20-21(23(30)22(20)29)26-19-7-10-24-11-8-19;1-3-6-4-2-5-1/h7-8,10-11,25H,2-6,9,12-18H2,1H3,(H,24,26);5H,1-4H2. The molecule has 0 radical (unpaired) electrons. The molecule has 224 valence electrons. The summed E-state index contributed by atoms with van der Waals surface area (Å²) in [4.78, 5) is 29.9. The van der Waals surface area contributed by atoms with Crippen LogP contribution in [0.15, 0.2) is 34.1 Å². The average Bonchev–Trinajstić information content (AvgIpc) is 3.00. The zero-order valence-electron chi connectivity index (χ0n) is 23.5. The van der Waals surface area contributed by atoms with Gasteiger partial charge in [0.15, 0.2) is 0 Å². The quantitative estimate of drug-likeness (QED) is 0.205. The fraction of sp³-hybridized carbons (Fsp3) is 0.667. The Hall–Kier alpha value is -2.42. The summed E-state index contributed by atoms with van der Waals surface area (Å²) in [5.41, 5.74) is 0.234. The highest BCUT2D eigenvalue weighted by Crippen LogP contribution is 2.20. The molecule has 12 nitrogen and oxygen atoms in total. The zero-order valence-corrected chi connectivity index (χ0v) is 24.3. The molecule has 1 aromatic carbocycles. The highest BCUT2D eigenvalue weighted by atomic mass is 32.2. The molecule has 2 fully saturated rings. The average molecular weight is 581 g/mol. The molecule has 0 spiro atoms. The molecule has 0 amide bonds. The second-order valence-electron chi connectivity index (χ2n) is 9.73. The molecular formula is C27H44N6O6S. The van der Waals surface area contributed by atoms with Crippen LogP contribution in [0.25, 0.3) is 0 Å². The van der Waals surface area contributed by atoms with E-state index in [1.807, 2.05) is 6.92 Å². The van der Waals surface area contributed by atoms with Crippen LogP contribution in [0.1, 0.15) is 32.6 Å². The number of hydrogen-bond donors (Lipinski definition) is 3. The van der Waals surface area contributed by atoms with Gasteiger partial charge in [-0.25, -0.2) is 12.7 Å². The molecule has 2 aliphatic rings. The Morgan fingerprint density at radius 2 is 1.60 bits per heavy atom. The van der Waals surface area contributed by atoms with Gasteiger partial charge in [0.25, 0.3) is 10.9 Å². The van der Waals surface area contributed by atoms with E-state index in [2.05, 4.69) is 25.8 Å². The summed E-state index contributed by atoms with van der Waals surface area (Å²) in [6, 6.07) is 3.44. The van der Waals surface area contributed by atoms with Crippen molar-refractivity contribution in [3.8, 4) is 0 Å². The molecule has 2 aromatic rings. The summed E-state index contributed by atoms with van der Waals surface area (Å²) in [6.45, 7) is 11.1. The SMILES string of the molecule is C1COCCN1.CCN(CCN1CCOCC1)S(=O)(=O)CCCCCCNc1c(Nc2ccncc2)c(=O)c1=O. The van der Waals surface area contributed by atoms with E-state index in [0.29, 0.717) is 50.6 Å². The van der Waals surface area contributed by atoms with E-state index >= 15 is 0 Å². The Balaban J connectivity index is 0.000000649. The topological polar surface area (TPSA) is 142 Å². The Morgan fingerprint density at radius 3 is 2.23 bits per heavy atom. The molecule has 2 saturated heterocycles. The van der Waals surface area contributed by atoms with Crippen LogP contribution in [0.3, 0.4) is 0 Å². The van der Waals surface area contributed by atoms with Gasteiger partial charge in [0.1, 0.15) is 11.4 Å². The number of sulfonamides is 1. The molecule has 40 heavy (non-hydrogen) atoms. The van der Waals surface area contributed by atoms with Gasteiger partial charge >= 0.3 is 0 Å². The Bertz CT molecular complexity index is 1150. The van der Waals surface area contributed by atoms with E-state index in [-0.39, 0.29) is 11.4 Å². The molecule has 3 N–H and O–H groups in total. The normalized spacial score (nSPS) is 16.4. The number of hydrogen-bond acceptors (Lipinski definition) is 11. The van der Waals surface area contributed by atoms with Gasteiger partial charge in [0.2, 0.25) is 10.0 Å². The molecule has 1 aromatic heterocycles. The lowest BCUT2D eigenvalue weighted by Gasteiger charge is -2.29. The summed E-state index contributed by atoms with van der Waals surface area (Å²) < 4.78 is 37.3. The number of pyridine rings is 1. The van der Waals surface area contributed by atoms with Gasteiger partial charge in [-0.05, 0) is 25.0 Å². The van der Waals surface area contributed by atoms with Crippen molar-refractivity contribution in [2.24, 2.45) is 0 Å². The van der Waals surface area contributed by atoms with Crippen molar-refractivity contribution in [3.63, 3.8) is 0 Å². The molecule has 4 rings (SSSR count). The van der Waals surface area contributed by atoms with Crippen LogP contribution < -0.4 is 26.8 Å². The third kappa shape index (κ3) is 10.5. The van der Waals surface area contributed by atoms with Gasteiger partial charge < -0.3 is 25.4 Å². The minimum Gasteiger partial charge on any atom is -0.380 e. The minimum absolute atomic E-state index is 0.148. The maximum atomic E-state index is 12.7. The highest BCUT2D eigenvalue weighted by molar-refractivity contribution is 7.89. The van der Waals surface area contributed by atoms with Crippen molar-refractivity contribution in [1.82, 2.24) is 19.5 Å². The van der Waals surface area contributed by atoms with Gasteiger partial charge in [-0.3, -0.25) is 19.5 Å². The van der Waals surface area contributed by atoms with Crippen LogP contribution in [-0.2, 0) is 19.5 Å². The molecule has 2 aliphatic heterocycles. The van der Waals surface area contributed by atoms with Crippen molar-refractivity contribution >= 4 is 27.1 Å². The van der Waals surface area contributed by atoms with E-state index in [4.69, 9.17) is 9.47 Å². The predicted octanol–water partition coefficient (Wildman–Crippen LogP) is 0.984. The predicted molar refractivity (Wildman–Crippen MR) is 158 cm³/mol. The van der Waals surface area contributed by atoms with Gasteiger partial charge in [-0.1, -0.05) is 19.8 Å². The van der Waals surface area contributed by atoms with Crippen LogP contribution in [-0.4, -0.2) is 107 Å². The number of anilines is 3. The molecule has 0 aliphatic carbocycles. The van der Waals surface area contributed by atoms with Crippen LogP contribution in [0.5, 0.6) is 0 Å². The Kier molecular flexibility index (Phi) is 14.0. The van der Waals surface area contributed by atoms with Crippen molar-refractivity contribution in [1.29, 1.82) is 0 Å². The maximum absolute atomic E-state index is 12.7. The Morgan fingerprint density at radius 1 is 0.950 bits per heavy atom. The number of ether oxygens (including phenoxy) is 2. The second kappa shape index (κ2) is 17.4. The summed E-state index contributed by atoms with van der Waals surface area (Å²) in [5, 5.41) is 9.16. The second-order valence-corrected chi connectivity index (χ2v) is 11.8. The first-order valence-corrected chi connectivity index (χ1v) is 15.8. The maximum Gasteiger partial charge on any atom is 0.253 e. The summed E-state index contributed by atoms with van der Waals surface area (Å²) in [7, 11) is -3.27. The van der Waals surface area contributed by atoms with Crippen molar-refractivity contribution in [2.45, 2.75) is 32.6 Å². The molecule has 0 saturated carbocycles. The number of nitrogens with one attached hydrogen (secondary N) is 3. The Labute approximate surface area is 237 Å². The summed E-state index contributed by atoms with van der Waals surface area (Å²) in [6.07, 6.45) is 6.21. The van der Waals surface area contributed by atoms with E-state index in [1.54, 1.807) is 28.8 Å². The van der Waals surface area contributed by atoms with Crippen LogP contribution in [0.4, 0.5) is 17.1 Å². The van der Waals surface area contributed by atoms with Gasteiger partial charge in [0.05, 0.1) is 32.2 Å². The molecule has 0 bridgehead atoms. The smallest absolute Gasteiger partial charge is 0.253 e. The lowest BCUT2D eigenvalue weighted by Crippen LogP contribution is -2.43. The van der Waals surface area contributed by atoms with E-state index in [1.165, 1.54) is 0 Å². The first kappa shape index (κ1) is 32.1. The number of aromatic nitrogens is 1. The fourth-order valence-electron chi connectivity index (χ4n) is 4.45. The molecule has 3 heterocycles. The molecule has 0 atom stereocenters. The minimum atomic E-state index is -3.27. The third-order valence-electron chi connectivity index (χ3n) is 6.85. The fourth-order valence-corrected chi connectivity index (χ4v) is 6.03. The van der Waals surface area contributed by atoms with Gasteiger partial charge in [-0.2, -0.15) is 0 Å². The van der Waals surface area contributed by atoms with E-state index in [9.17, 15) is 18.0 Å². The summed E-state index contributed by atoms with van der Waals surface area (Å²) in [5.74, 6) is 0.148. The van der Waals surface area contributed by atoms with Crippen molar-refractivity contribution in [2.75, 3.05) is 95.2 Å². The number of nitrogens with zero attached hydrogens (tertiary/aromatic N) is 3. The molecule has 13 heteroatoms.